The molecule has 1 aromatic carbocycles. The van der Waals surface area contributed by atoms with Gasteiger partial charge in [-0.25, -0.2) is 0 Å². The smallest absolute Gasteiger partial charge is 0.263 e. The lowest BCUT2D eigenvalue weighted by molar-refractivity contribution is 0.0954. The van der Waals surface area contributed by atoms with Crippen LogP contribution in [0.1, 0.15) is 29.4 Å². The minimum atomic E-state index is -0.0632. The van der Waals surface area contributed by atoms with E-state index in [1.54, 1.807) is 7.11 Å². The highest BCUT2D eigenvalue weighted by Crippen LogP contribution is 2.40. The van der Waals surface area contributed by atoms with Crippen molar-refractivity contribution in [2.24, 2.45) is 5.92 Å². The number of hydrogen-bond acceptors (Lipinski definition) is 4. The zero-order chi connectivity index (χ0) is 14.3. The molecule has 1 aliphatic carbocycles. The van der Waals surface area contributed by atoms with Crippen molar-refractivity contribution in [3.63, 3.8) is 0 Å². The monoisotopic (exact) mass is 290 g/mol. The van der Waals surface area contributed by atoms with Crippen LogP contribution < -0.4 is 15.8 Å². The summed E-state index contributed by atoms with van der Waals surface area (Å²) in [7, 11) is 1.61. The van der Waals surface area contributed by atoms with E-state index < -0.39 is 0 Å². The number of carbonyl (C=O) groups is 1. The van der Waals surface area contributed by atoms with E-state index in [0.29, 0.717) is 28.3 Å². The zero-order valence-electron chi connectivity index (χ0n) is 11.6. The third-order valence-electron chi connectivity index (χ3n) is 3.90. The molecule has 1 aliphatic rings. The van der Waals surface area contributed by atoms with Crippen LogP contribution in [-0.4, -0.2) is 19.1 Å². The fraction of sp³-hybridized carbons (Fsp3) is 0.400. The molecule has 0 bridgehead atoms. The molecule has 0 radical (unpaired) electrons. The summed E-state index contributed by atoms with van der Waals surface area (Å²) in [6.45, 7) is 2.15. The van der Waals surface area contributed by atoms with Gasteiger partial charge in [0.05, 0.1) is 18.2 Å². The van der Waals surface area contributed by atoms with Crippen molar-refractivity contribution in [2.45, 2.75) is 25.8 Å². The second-order valence-electron chi connectivity index (χ2n) is 5.16. The van der Waals surface area contributed by atoms with Gasteiger partial charge < -0.3 is 15.8 Å². The number of hydrogen-bond donors (Lipinski definition) is 2. The molecule has 1 amide bonds. The van der Waals surface area contributed by atoms with Crippen LogP contribution in [0.25, 0.3) is 10.1 Å². The minimum absolute atomic E-state index is 0.0632. The van der Waals surface area contributed by atoms with Gasteiger partial charge in [-0.15, -0.1) is 11.3 Å². The number of nitrogens with one attached hydrogen (secondary N) is 1. The van der Waals surface area contributed by atoms with Gasteiger partial charge in [-0.2, -0.15) is 0 Å². The fourth-order valence-corrected chi connectivity index (χ4v) is 3.63. The first-order valence-electron chi connectivity index (χ1n) is 6.81. The average Bonchev–Trinajstić information content (AvgIpc) is 3.12. The Morgan fingerprint density at radius 3 is 3.00 bits per heavy atom. The van der Waals surface area contributed by atoms with Crippen molar-refractivity contribution in [3.05, 3.63) is 23.1 Å². The predicted molar refractivity (Wildman–Crippen MR) is 82.4 cm³/mol. The van der Waals surface area contributed by atoms with Crippen molar-refractivity contribution in [1.29, 1.82) is 0 Å². The number of methoxy groups -OCH3 is 1. The molecule has 2 aromatic rings. The van der Waals surface area contributed by atoms with Crippen LogP contribution in [0.5, 0.6) is 5.75 Å². The summed E-state index contributed by atoms with van der Waals surface area (Å²) >= 11 is 1.42. The molecule has 0 saturated heterocycles. The van der Waals surface area contributed by atoms with Gasteiger partial charge >= 0.3 is 0 Å². The van der Waals surface area contributed by atoms with Gasteiger partial charge in [-0.05, 0) is 24.5 Å². The summed E-state index contributed by atoms with van der Waals surface area (Å²) < 4.78 is 6.31. The van der Waals surface area contributed by atoms with E-state index in [2.05, 4.69) is 12.2 Å². The first kappa shape index (κ1) is 13.2. The van der Waals surface area contributed by atoms with E-state index in [1.807, 2.05) is 18.2 Å². The standard InChI is InChI=1S/C15H18N2O2S/c1-3-8-7-9(8)17-15(18)14-13(16)12-10(19-2)5-4-6-11(12)20-14/h4-6,8-9H,3,7,16H2,1-2H3,(H,17,18). The summed E-state index contributed by atoms with van der Waals surface area (Å²) in [5, 5.41) is 3.90. The fourth-order valence-electron chi connectivity index (χ4n) is 2.59. The molecule has 1 fully saturated rings. The van der Waals surface area contributed by atoms with Crippen LogP contribution in [0, 0.1) is 5.92 Å². The Morgan fingerprint density at radius 2 is 2.35 bits per heavy atom. The van der Waals surface area contributed by atoms with E-state index in [1.165, 1.54) is 11.3 Å². The summed E-state index contributed by atoms with van der Waals surface area (Å²) in [4.78, 5) is 12.9. The van der Waals surface area contributed by atoms with Crippen LogP contribution in [0.3, 0.4) is 0 Å². The Kier molecular flexibility index (Phi) is 3.30. The highest BCUT2D eigenvalue weighted by atomic mass is 32.1. The number of nitrogens with two attached hydrogens (primary N) is 1. The van der Waals surface area contributed by atoms with E-state index in [4.69, 9.17) is 10.5 Å². The van der Waals surface area contributed by atoms with Gasteiger partial charge in [-0.1, -0.05) is 19.4 Å². The van der Waals surface area contributed by atoms with E-state index >= 15 is 0 Å². The number of anilines is 1. The average molecular weight is 290 g/mol. The van der Waals surface area contributed by atoms with Crippen molar-refractivity contribution < 1.29 is 9.53 Å². The topological polar surface area (TPSA) is 64.3 Å². The van der Waals surface area contributed by atoms with Gasteiger partial charge in [0, 0.05) is 10.7 Å². The zero-order valence-corrected chi connectivity index (χ0v) is 12.4. The van der Waals surface area contributed by atoms with Crippen LogP contribution in [0.15, 0.2) is 18.2 Å². The number of carbonyl (C=O) groups excluding carboxylic acids is 1. The molecule has 0 spiro atoms. The number of nitrogen functional groups attached to an aromatic ring is 1. The molecule has 2 atom stereocenters. The molecule has 3 rings (SSSR count). The largest absolute Gasteiger partial charge is 0.496 e. The Balaban J connectivity index is 1.92. The number of ether oxygens (including phenoxy) is 1. The molecular formula is C15H18N2O2S. The SMILES string of the molecule is CCC1CC1NC(=O)c1sc2cccc(OC)c2c1N. The van der Waals surface area contributed by atoms with Crippen molar-refractivity contribution in [1.82, 2.24) is 5.32 Å². The molecule has 2 unspecified atom stereocenters. The van der Waals surface area contributed by atoms with Gasteiger partial charge in [0.2, 0.25) is 0 Å². The predicted octanol–water partition coefficient (Wildman–Crippen LogP) is 3.02. The molecule has 5 heteroatoms. The number of benzene rings is 1. The van der Waals surface area contributed by atoms with E-state index in [9.17, 15) is 4.79 Å². The maximum Gasteiger partial charge on any atom is 0.263 e. The third kappa shape index (κ3) is 2.12. The summed E-state index contributed by atoms with van der Waals surface area (Å²) in [5.74, 6) is 1.28. The van der Waals surface area contributed by atoms with Crippen LogP contribution in [0.2, 0.25) is 0 Å². The normalized spacial score (nSPS) is 20.9. The lowest BCUT2D eigenvalue weighted by atomic mass is 10.2. The summed E-state index contributed by atoms with van der Waals surface area (Å²) in [5.41, 5.74) is 6.67. The van der Waals surface area contributed by atoms with E-state index in [-0.39, 0.29) is 5.91 Å². The minimum Gasteiger partial charge on any atom is -0.496 e. The van der Waals surface area contributed by atoms with Crippen molar-refractivity contribution >= 4 is 33.0 Å². The summed E-state index contributed by atoms with van der Waals surface area (Å²) in [6, 6.07) is 6.05. The number of thiophene rings is 1. The van der Waals surface area contributed by atoms with Crippen LogP contribution >= 0.6 is 11.3 Å². The first-order chi connectivity index (χ1) is 9.65. The molecule has 3 N–H and O–H groups in total. The second kappa shape index (κ2) is 4.98. The van der Waals surface area contributed by atoms with Gasteiger partial charge in [-0.3, -0.25) is 4.79 Å². The molecule has 1 saturated carbocycles. The highest BCUT2D eigenvalue weighted by Gasteiger charge is 2.37. The Bertz CT molecular complexity index is 665. The Hall–Kier alpha value is -1.75. The van der Waals surface area contributed by atoms with Crippen molar-refractivity contribution in [3.8, 4) is 5.75 Å². The Labute approximate surface area is 121 Å². The number of amides is 1. The Morgan fingerprint density at radius 1 is 1.55 bits per heavy atom. The maximum absolute atomic E-state index is 12.3. The third-order valence-corrected chi connectivity index (χ3v) is 5.07. The lowest BCUT2D eigenvalue weighted by Gasteiger charge is -2.04. The molecular weight excluding hydrogens is 272 g/mol. The van der Waals surface area contributed by atoms with Gasteiger partial charge in [0.1, 0.15) is 10.6 Å². The molecule has 1 aromatic heterocycles. The second-order valence-corrected chi connectivity index (χ2v) is 6.21. The van der Waals surface area contributed by atoms with E-state index in [0.717, 1.165) is 22.9 Å². The molecule has 4 nitrogen and oxygen atoms in total. The molecule has 1 heterocycles. The molecule has 20 heavy (non-hydrogen) atoms. The lowest BCUT2D eigenvalue weighted by Crippen LogP contribution is -2.26. The van der Waals surface area contributed by atoms with Crippen LogP contribution in [-0.2, 0) is 0 Å². The van der Waals surface area contributed by atoms with Gasteiger partial charge in [0.15, 0.2) is 0 Å². The van der Waals surface area contributed by atoms with Gasteiger partial charge in [0.25, 0.3) is 5.91 Å². The molecule has 0 aliphatic heterocycles. The molecule has 106 valence electrons. The van der Waals surface area contributed by atoms with Crippen LogP contribution in [0.4, 0.5) is 5.69 Å². The number of fused-ring (bicyclic) bond motifs is 1. The maximum atomic E-state index is 12.3. The highest BCUT2D eigenvalue weighted by molar-refractivity contribution is 7.21. The quantitative estimate of drug-likeness (QED) is 0.909. The van der Waals surface area contributed by atoms with Crippen molar-refractivity contribution in [2.75, 3.05) is 12.8 Å². The first-order valence-corrected chi connectivity index (χ1v) is 7.63. The summed E-state index contributed by atoms with van der Waals surface area (Å²) in [6.07, 6.45) is 2.19. The number of rotatable bonds is 4.